The molecule has 0 unspecified atom stereocenters. The van der Waals surface area contributed by atoms with Gasteiger partial charge in [0.2, 0.25) is 6.79 Å². The number of hydrogen-bond donors (Lipinski definition) is 3. The number of carbonyl (C=O) groups is 2. The molecule has 7 nitrogen and oxygen atoms in total. The molecule has 4 rings (SSSR count). The average Bonchev–Trinajstić information content (AvgIpc) is 2.73. The number of piperidine rings is 1. The average molecular weight is 448 g/mol. The van der Waals surface area contributed by atoms with E-state index in [9.17, 15) is 9.59 Å². The third-order valence-electron chi connectivity index (χ3n) is 7.00. The fourth-order valence-electron chi connectivity index (χ4n) is 5.36. The van der Waals surface area contributed by atoms with Crippen LogP contribution in [0.4, 0.5) is 0 Å². The highest BCUT2D eigenvalue weighted by Crippen LogP contribution is 2.54. The van der Waals surface area contributed by atoms with Gasteiger partial charge in [0.1, 0.15) is 11.9 Å². The van der Waals surface area contributed by atoms with Crippen LogP contribution in [-0.2, 0) is 26.2 Å². The summed E-state index contributed by atoms with van der Waals surface area (Å²) in [5.74, 6) is 0.158. The minimum absolute atomic E-state index is 0.0184. The van der Waals surface area contributed by atoms with Crippen molar-refractivity contribution in [3.8, 4) is 5.75 Å². The van der Waals surface area contributed by atoms with Gasteiger partial charge in [-0.3, -0.25) is 4.79 Å². The van der Waals surface area contributed by atoms with Crippen molar-refractivity contribution in [2.75, 3.05) is 13.3 Å². The molecule has 7 heteroatoms. The molecule has 1 aromatic rings. The van der Waals surface area contributed by atoms with Crippen molar-refractivity contribution in [2.45, 2.75) is 83.8 Å². The van der Waals surface area contributed by atoms with Crippen molar-refractivity contribution in [3.63, 3.8) is 0 Å². The number of ether oxygens (including phenoxy) is 2. The van der Waals surface area contributed by atoms with Crippen LogP contribution in [0.3, 0.4) is 0 Å². The van der Waals surface area contributed by atoms with Crippen molar-refractivity contribution < 1.29 is 29.3 Å². The lowest BCUT2D eigenvalue weighted by Crippen LogP contribution is -2.59. The van der Waals surface area contributed by atoms with Crippen LogP contribution in [0.5, 0.6) is 5.75 Å². The Kier molecular flexibility index (Phi) is 7.50. The third kappa shape index (κ3) is 5.26. The Bertz CT molecular complexity index is 826. The van der Waals surface area contributed by atoms with Crippen molar-refractivity contribution in [3.05, 3.63) is 29.3 Å². The summed E-state index contributed by atoms with van der Waals surface area (Å²) in [6, 6.07) is 7.12. The number of aliphatic hydroxyl groups excluding tert-OH is 1. The number of fused-ring (bicyclic) bond motifs is 1. The van der Waals surface area contributed by atoms with E-state index in [0.717, 1.165) is 24.6 Å². The topological polar surface area (TPSA) is 105 Å². The summed E-state index contributed by atoms with van der Waals surface area (Å²) in [5, 5.41) is 19.5. The highest BCUT2D eigenvalue weighted by molar-refractivity contribution is 5.75. The molecule has 2 aliphatic carbocycles. The van der Waals surface area contributed by atoms with Gasteiger partial charge in [-0.2, -0.15) is 0 Å². The van der Waals surface area contributed by atoms with E-state index in [1.807, 2.05) is 26.8 Å². The fourth-order valence-corrected chi connectivity index (χ4v) is 5.36. The number of carboxylic acids is 1. The molecular weight excluding hydrogens is 410 g/mol. The lowest BCUT2D eigenvalue weighted by Gasteiger charge is -2.56. The number of carboxylic acid groups (broad SMARTS) is 1. The Balaban J connectivity index is 0.000000427. The Labute approximate surface area is 190 Å². The lowest BCUT2D eigenvalue weighted by molar-refractivity contribution is -0.159. The summed E-state index contributed by atoms with van der Waals surface area (Å²) in [4.78, 5) is 21.4. The van der Waals surface area contributed by atoms with E-state index in [-0.39, 0.29) is 12.8 Å². The highest BCUT2D eigenvalue weighted by Gasteiger charge is 2.51. The molecule has 32 heavy (non-hydrogen) atoms. The quantitative estimate of drug-likeness (QED) is 0.480. The Morgan fingerprint density at radius 1 is 1.25 bits per heavy atom. The molecule has 4 atom stereocenters. The first kappa shape index (κ1) is 24.5. The second-order valence-corrected chi connectivity index (χ2v) is 10.3. The van der Waals surface area contributed by atoms with Crippen LogP contribution in [0.15, 0.2) is 18.2 Å². The number of aliphatic hydroxyl groups is 1. The first-order chi connectivity index (χ1) is 15.0. The van der Waals surface area contributed by atoms with E-state index < -0.39 is 17.5 Å². The van der Waals surface area contributed by atoms with Crippen LogP contribution in [0.25, 0.3) is 0 Å². The molecule has 1 saturated carbocycles. The zero-order valence-electron chi connectivity index (χ0n) is 19.6. The summed E-state index contributed by atoms with van der Waals surface area (Å²) in [7, 11) is 0. The van der Waals surface area contributed by atoms with Crippen LogP contribution < -0.4 is 10.1 Å². The van der Waals surface area contributed by atoms with Gasteiger partial charge in [0.15, 0.2) is 0 Å². The van der Waals surface area contributed by atoms with Crippen molar-refractivity contribution in [1.29, 1.82) is 0 Å². The molecule has 0 radical (unpaired) electrons. The SMILES string of the molecule is CC(C)(C)C(=O)OCOc1ccc2c(c1)[C@]13CCCC[C@@H]1[C@H](C2)NCC3.C[C@H](O)C(=O)O. The maximum absolute atomic E-state index is 11.9. The molecular formula is C25H37NO6. The molecule has 2 bridgehead atoms. The van der Waals surface area contributed by atoms with E-state index >= 15 is 0 Å². The molecule has 1 saturated heterocycles. The van der Waals surface area contributed by atoms with E-state index in [1.54, 1.807) is 0 Å². The van der Waals surface area contributed by atoms with E-state index in [2.05, 4.69) is 17.4 Å². The van der Waals surface area contributed by atoms with Crippen LogP contribution in [-0.4, -0.2) is 47.6 Å². The molecule has 1 heterocycles. The third-order valence-corrected chi connectivity index (χ3v) is 7.00. The van der Waals surface area contributed by atoms with E-state index in [4.69, 9.17) is 19.7 Å². The van der Waals surface area contributed by atoms with Gasteiger partial charge >= 0.3 is 11.9 Å². The van der Waals surface area contributed by atoms with Crippen LogP contribution in [0.2, 0.25) is 0 Å². The summed E-state index contributed by atoms with van der Waals surface area (Å²) >= 11 is 0. The molecule has 0 amide bonds. The molecule has 3 N–H and O–H groups in total. The minimum Gasteiger partial charge on any atom is -0.479 e. The predicted octanol–water partition coefficient (Wildman–Crippen LogP) is 3.41. The van der Waals surface area contributed by atoms with Crippen LogP contribution in [0.1, 0.15) is 70.9 Å². The Morgan fingerprint density at radius 2 is 1.97 bits per heavy atom. The van der Waals surface area contributed by atoms with Crippen molar-refractivity contribution in [2.24, 2.45) is 11.3 Å². The number of aliphatic carboxylic acids is 1. The maximum atomic E-state index is 11.9. The molecule has 178 valence electrons. The Hall–Kier alpha value is -2.12. The monoisotopic (exact) mass is 447 g/mol. The number of rotatable bonds is 4. The first-order valence-corrected chi connectivity index (χ1v) is 11.6. The largest absolute Gasteiger partial charge is 0.479 e. The van der Waals surface area contributed by atoms with E-state index in [1.165, 1.54) is 50.2 Å². The number of nitrogens with one attached hydrogen (secondary N) is 1. The zero-order chi connectivity index (χ0) is 23.5. The molecule has 2 fully saturated rings. The normalized spacial score (nSPS) is 27.0. The maximum Gasteiger partial charge on any atom is 0.332 e. The number of benzene rings is 1. The Morgan fingerprint density at radius 3 is 2.62 bits per heavy atom. The number of esters is 1. The molecule has 0 aromatic heterocycles. The van der Waals surface area contributed by atoms with Gasteiger partial charge < -0.3 is 25.0 Å². The van der Waals surface area contributed by atoms with Crippen LogP contribution in [0, 0.1) is 11.3 Å². The van der Waals surface area contributed by atoms with Crippen molar-refractivity contribution >= 4 is 11.9 Å². The molecule has 3 aliphatic rings. The number of carbonyl (C=O) groups excluding carboxylic acids is 1. The van der Waals surface area contributed by atoms with Gasteiger partial charge in [0.05, 0.1) is 5.41 Å². The zero-order valence-corrected chi connectivity index (χ0v) is 19.6. The second kappa shape index (κ2) is 9.79. The lowest BCUT2D eigenvalue weighted by atomic mass is 9.53. The summed E-state index contributed by atoms with van der Waals surface area (Å²) in [6.45, 7) is 7.85. The van der Waals surface area contributed by atoms with Gasteiger partial charge in [-0.15, -0.1) is 0 Å². The van der Waals surface area contributed by atoms with Gasteiger partial charge in [0, 0.05) is 11.5 Å². The van der Waals surface area contributed by atoms with Gasteiger partial charge in [0.25, 0.3) is 0 Å². The molecule has 1 aliphatic heterocycles. The predicted molar refractivity (Wildman–Crippen MR) is 121 cm³/mol. The smallest absolute Gasteiger partial charge is 0.332 e. The summed E-state index contributed by atoms with van der Waals surface area (Å²) in [5.41, 5.74) is 2.79. The van der Waals surface area contributed by atoms with E-state index in [0.29, 0.717) is 11.5 Å². The molecule has 1 aromatic carbocycles. The van der Waals surface area contributed by atoms with Crippen molar-refractivity contribution in [1.82, 2.24) is 5.32 Å². The fraction of sp³-hybridized carbons (Fsp3) is 0.680. The summed E-state index contributed by atoms with van der Waals surface area (Å²) < 4.78 is 11.1. The first-order valence-electron chi connectivity index (χ1n) is 11.6. The van der Waals surface area contributed by atoms with Crippen LogP contribution >= 0.6 is 0 Å². The minimum atomic E-state index is -1.23. The number of hydrogen-bond acceptors (Lipinski definition) is 6. The van der Waals surface area contributed by atoms with Gasteiger partial charge in [-0.25, -0.2) is 4.79 Å². The highest BCUT2D eigenvalue weighted by atomic mass is 16.7. The standard InChI is InChI=1S/C22H31NO3.C3H6O3/c1-21(2,3)20(24)26-14-25-16-8-7-15-12-19-17-6-4-5-9-22(17,10-11-23-19)18(15)13-16;1-2(4)3(5)6/h7-8,13,17,19,23H,4-6,9-12,14H2,1-3H3;2,4H,1H3,(H,5,6)/t17-,19+,22+;2-/m10/s1. The molecule has 0 spiro atoms. The van der Waals surface area contributed by atoms with Gasteiger partial charge in [-0.05, 0) is 89.1 Å². The van der Waals surface area contributed by atoms with Gasteiger partial charge in [-0.1, -0.05) is 18.9 Å². The summed E-state index contributed by atoms with van der Waals surface area (Å²) in [6.07, 6.45) is 6.45. The second-order valence-electron chi connectivity index (χ2n) is 10.3.